The van der Waals surface area contributed by atoms with Gasteiger partial charge in [0.05, 0.1) is 11.1 Å². The molecule has 2 unspecified atom stereocenters. The quantitative estimate of drug-likeness (QED) is 0.389. The van der Waals surface area contributed by atoms with E-state index >= 15 is 0 Å². The van der Waals surface area contributed by atoms with Gasteiger partial charge >= 0.3 is 11.9 Å². The van der Waals surface area contributed by atoms with Crippen LogP contribution in [-0.2, 0) is 0 Å². The van der Waals surface area contributed by atoms with Gasteiger partial charge in [-0.1, -0.05) is 76.2 Å². The summed E-state index contributed by atoms with van der Waals surface area (Å²) >= 11 is 0. The molecule has 3 aromatic carbocycles. The van der Waals surface area contributed by atoms with E-state index in [-0.39, 0.29) is 23.0 Å². The van der Waals surface area contributed by atoms with Crippen molar-refractivity contribution in [2.45, 2.75) is 52.4 Å². The molecule has 0 spiro atoms. The number of carboxylic acids is 2. The van der Waals surface area contributed by atoms with Crippen LogP contribution in [-0.4, -0.2) is 22.2 Å². The fraction of sp³-hybridized carbons (Fsp3) is 0.286. The summed E-state index contributed by atoms with van der Waals surface area (Å²) in [5.74, 6) is -1.76. The SMILES string of the molecule is CCC(C)c1ccccc1-c1c(C(=O)O)ccc(C(=O)O)c1-c1ccccc1C(C)CC. The average molecular weight is 431 g/mol. The molecule has 3 aromatic rings. The molecular weight excluding hydrogens is 400 g/mol. The lowest BCUT2D eigenvalue weighted by Crippen LogP contribution is -2.10. The van der Waals surface area contributed by atoms with Gasteiger partial charge in [0.15, 0.2) is 0 Å². The molecule has 0 aromatic heterocycles. The van der Waals surface area contributed by atoms with Crippen LogP contribution in [0.2, 0.25) is 0 Å². The molecule has 0 aliphatic carbocycles. The second kappa shape index (κ2) is 9.82. The summed E-state index contributed by atoms with van der Waals surface area (Å²) in [7, 11) is 0. The molecule has 0 amide bonds. The van der Waals surface area contributed by atoms with Gasteiger partial charge in [0, 0.05) is 11.1 Å². The number of hydrogen-bond acceptors (Lipinski definition) is 2. The maximum Gasteiger partial charge on any atom is 0.336 e. The summed E-state index contributed by atoms with van der Waals surface area (Å²) in [5, 5.41) is 20.2. The van der Waals surface area contributed by atoms with E-state index in [1.54, 1.807) is 0 Å². The summed E-state index contributed by atoms with van der Waals surface area (Å²) in [6.45, 7) is 8.39. The van der Waals surface area contributed by atoms with E-state index in [9.17, 15) is 19.8 Å². The maximum absolute atomic E-state index is 12.3. The topological polar surface area (TPSA) is 74.6 Å². The summed E-state index contributed by atoms with van der Waals surface area (Å²) in [6, 6.07) is 18.3. The van der Waals surface area contributed by atoms with E-state index in [1.165, 1.54) is 12.1 Å². The van der Waals surface area contributed by atoms with Crippen LogP contribution >= 0.6 is 0 Å². The van der Waals surface area contributed by atoms with Crippen LogP contribution < -0.4 is 0 Å². The van der Waals surface area contributed by atoms with Crippen LogP contribution in [0.1, 0.15) is 84.2 Å². The van der Waals surface area contributed by atoms with Crippen LogP contribution in [0.15, 0.2) is 60.7 Å². The Bertz CT molecular complexity index is 1060. The third kappa shape index (κ3) is 4.31. The van der Waals surface area contributed by atoms with Crippen LogP contribution in [0.3, 0.4) is 0 Å². The van der Waals surface area contributed by atoms with E-state index in [0.29, 0.717) is 11.1 Å². The minimum atomic E-state index is -1.07. The zero-order valence-corrected chi connectivity index (χ0v) is 19.1. The summed E-state index contributed by atoms with van der Waals surface area (Å²) in [5.41, 5.74) is 4.75. The van der Waals surface area contributed by atoms with Gasteiger partial charge in [0.25, 0.3) is 0 Å². The molecule has 0 bridgehead atoms. The van der Waals surface area contributed by atoms with Crippen molar-refractivity contribution in [3.8, 4) is 22.3 Å². The van der Waals surface area contributed by atoms with E-state index in [1.807, 2.05) is 48.5 Å². The van der Waals surface area contributed by atoms with Gasteiger partial charge < -0.3 is 10.2 Å². The standard InChI is InChI=1S/C28H30O4/c1-5-17(3)19-11-7-9-13-21(19)25-23(27(29)30)15-16-24(28(31)32)26(25)22-14-10-8-12-20(22)18(4)6-2/h7-18H,5-6H2,1-4H3,(H,29,30)(H,31,32). The fourth-order valence-corrected chi connectivity index (χ4v) is 4.27. The summed E-state index contributed by atoms with van der Waals surface area (Å²) in [6.07, 6.45) is 1.77. The van der Waals surface area contributed by atoms with Gasteiger partial charge in [-0.15, -0.1) is 0 Å². The highest BCUT2D eigenvalue weighted by Crippen LogP contribution is 2.44. The Kier molecular flexibility index (Phi) is 7.14. The largest absolute Gasteiger partial charge is 0.478 e. The molecule has 4 nitrogen and oxygen atoms in total. The number of hydrogen-bond donors (Lipinski definition) is 2. The normalized spacial score (nSPS) is 12.9. The predicted molar refractivity (Wildman–Crippen MR) is 129 cm³/mol. The number of carboxylic acid groups (broad SMARTS) is 2. The zero-order valence-electron chi connectivity index (χ0n) is 19.1. The molecule has 0 aliphatic rings. The minimum absolute atomic E-state index is 0.111. The monoisotopic (exact) mass is 430 g/mol. The Hall–Kier alpha value is -3.40. The van der Waals surface area contributed by atoms with Crippen molar-refractivity contribution in [2.24, 2.45) is 0 Å². The van der Waals surface area contributed by atoms with Crippen molar-refractivity contribution in [2.75, 3.05) is 0 Å². The lowest BCUT2D eigenvalue weighted by Gasteiger charge is -2.23. The predicted octanol–water partition coefficient (Wildman–Crippen LogP) is 7.44. The van der Waals surface area contributed by atoms with Gasteiger partial charge in [0.1, 0.15) is 0 Å². The Morgan fingerprint density at radius 1 is 0.656 bits per heavy atom. The molecule has 166 valence electrons. The zero-order chi connectivity index (χ0) is 23.4. The second-order valence-electron chi connectivity index (χ2n) is 8.31. The molecule has 2 N–H and O–H groups in total. The van der Waals surface area contributed by atoms with Gasteiger partial charge in [-0.2, -0.15) is 0 Å². The average Bonchev–Trinajstić information content (AvgIpc) is 2.81. The van der Waals surface area contributed by atoms with Gasteiger partial charge in [-0.05, 0) is 59.1 Å². The van der Waals surface area contributed by atoms with E-state index in [4.69, 9.17) is 0 Å². The van der Waals surface area contributed by atoms with Crippen molar-refractivity contribution >= 4 is 11.9 Å². The fourth-order valence-electron chi connectivity index (χ4n) is 4.27. The third-order valence-corrected chi connectivity index (χ3v) is 6.41. The molecule has 2 atom stereocenters. The van der Waals surface area contributed by atoms with Crippen LogP contribution in [0, 0.1) is 0 Å². The van der Waals surface area contributed by atoms with Gasteiger partial charge in [-0.25, -0.2) is 9.59 Å². The molecule has 32 heavy (non-hydrogen) atoms. The maximum atomic E-state index is 12.3. The molecule has 0 fully saturated rings. The highest BCUT2D eigenvalue weighted by molar-refractivity contribution is 6.08. The number of rotatable bonds is 8. The summed E-state index contributed by atoms with van der Waals surface area (Å²) in [4.78, 5) is 24.7. The van der Waals surface area contributed by atoms with E-state index in [2.05, 4.69) is 27.7 Å². The van der Waals surface area contributed by atoms with Crippen molar-refractivity contribution < 1.29 is 19.8 Å². The van der Waals surface area contributed by atoms with Gasteiger partial charge in [-0.3, -0.25) is 0 Å². The first-order chi connectivity index (χ1) is 15.3. The first kappa shape index (κ1) is 23.3. The first-order valence-corrected chi connectivity index (χ1v) is 11.1. The molecule has 3 rings (SSSR count). The third-order valence-electron chi connectivity index (χ3n) is 6.41. The van der Waals surface area contributed by atoms with Crippen LogP contribution in [0.4, 0.5) is 0 Å². The van der Waals surface area contributed by atoms with Crippen molar-refractivity contribution in [1.82, 2.24) is 0 Å². The highest BCUT2D eigenvalue weighted by Gasteiger charge is 2.27. The molecule has 4 heteroatoms. The highest BCUT2D eigenvalue weighted by atomic mass is 16.4. The number of aromatic carboxylic acids is 2. The van der Waals surface area contributed by atoms with Crippen molar-refractivity contribution in [3.05, 3.63) is 82.9 Å². The molecule has 0 saturated heterocycles. The Morgan fingerprint density at radius 2 is 1.00 bits per heavy atom. The molecule has 0 aliphatic heterocycles. The molecule has 0 saturated carbocycles. The Morgan fingerprint density at radius 3 is 1.31 bits per heavy atom. The van der Waals surface area contributed by atoms with E-state index < -0.39 is 11.9 Å². The molecule has 0 heterocycles. The smallest absolute Gasteiger partial charge is 0.336 e. The Labute approximate surface area is 189 Å². The van der Waals surface area contributed by atoms with Gasteiger partial charge in [0.2, 0.25) is 0 Å². The number of carbonyl (C=O) groups is 2. The first-order valence-electron chi connectivity index (χ1n) is 11.1. The summed E-state index contributed by atoms with van der Waals surface area (Å²) < 4.78 is 0. The van der Waals surface area contributed by atoms with Crippen LogP contribution in [0.25, 0.3) is 22.3 Å². The second-order valence-corrected chi connectivity index (χ2v) is 8.31. The van der Waals surface area contributed by atoms with E-state index in [0.717, 1.165) is 35.1 Å². The minimum Gasteiger partial charge on any atom is -0.478 e. The lowest BCUT2D eigenvalue weighted by molar-refractivity contribution is 0.0682. The van der Waals surface area contributed by atoms with Crippen LogP contribution in [0.5, 0.6) is 0 Å². The Balaban J connectivity index is 2.54. The lowest BCUT2D eigenvalue weighted by atomic mass is 9.80. The number of benzene rings is 3. The molecular formula is C28H30O4. The van der Waals surface area contributed by atoms with Crippen molar-refractivity contribution in [1.29, 1.82) is 0 Å². The van der Waals surface area contributed by atoms with Crippen molar-refractivity contribution in [3.63, 3.8) is 0 Å². The molecule has 0 radical (unpaired) electrons.